The molecule has 2 saturated heterocycles. The Labute approximate surface area is 202 Å². The molecule has 8 heteroatoms. The Morgan fingerprint density at radius 2 is 1.65 bits per heavy atom. The summed E-state index contributed by atoms with van der Waals surface area (Å²) in [6.07, 6.45) is -5.77. The van der Waals surface area contributed by atoms with E-state index < -0.39 is 30.7 Å². The number of ether oxygens (including phenoxy) is 3. The molecule has 0 aliphatic carbocycles. The van der Waals surface area contributed by atoms with E-state index >= 15 is 0 Å². The highest BCUT2D eigenvalue weighted by Crippen LogP contribution is 2.40. The van der Waals surface area contributed by atoms with Crippen LogP contribution in [0.2, 0.25) is 5.02 Å². The summed E-state index contributed by atoms with van der Waals surface area (Å²) in [4.78, 5) is 0. The van der Waals surface area contributed by atoms with Gasteiger partial charge in [-0.2, -0.15) is 0 Å². The zero-order chi connectivity index (χ0) is 23.8. The second kappa shape index (κ2) is 9.79. The van der Waals surface area contributed by atoms with Crippen LogP contribution < -0.4 is 4.74 Å². The molecular weight excluding hydrogens is 460 g/mol. The second-order valence-corrected chi connectivity index (χ2v) is 9.21. The van der Waals surface area contributed by atoms with Crippen LogP contribution in [0.15, 0.2) is 54.6 Å². The number of halogens is 1. The van der Waals surface area contributed by atoms with Crippen molar-refractivity contribution >= 4 is 22.4 Å². The molecule has 180 valence electrons. The van der Waals surface area contributed by atoms with Crippen molar-refractivity contribution in [3.05, 3.63) is 76.3 Å². The first-order valence-corrected chi connectivity index (χ1v) is 11.7. The van der Waals surface area contributed by atoms with Gasteiger partial charge in [-0.1, -0.05) is 54.1 Å². The van der Waals surface area contributed by atoms with Gasteiger partial charge >= 0.3 is 0 Å². The average molecular weight is 487 g/mol. The maximum absolute atomic E-state index is 10.6. The molecule has 0 amide bonds. The van der Waals surface area contributed by atoms with Gasteiger partial charge in [0, 0.05) is 11.8 Å². The fraction of sp³-hybridized carbons (Fsp3) is 0.385. The quantitative estimate of drug-likeness (QED) is 0.439. The van der Waals surface area contributed by atoms with Gasteiger partial charge < -0.3 is 34.6 Å². The van der Waals surface area contributed by atoms with Crippen molar-refractivity contribution in [1.29, 1.82) is 0 Å². The molecule has 0 unspecified atom stereocenters. The minimum Gasteiger partial charge on any atom is -0.488 e. The first kappa shape index (κ1) is 23.5. The number of hydrogen-bond acceptors (Lipinski definition) is 7. The molecule has 5 rings (SSSR count). The smallest absolute Gasteiger partial charge is 0.184 e. The Bertz CT molecular complexity index is 1150. The van der Waals surface area contributed by atoms with Crippen molar-refractivity contribution in [2.45, 2.75) is 49.7 Å². The number of benzene rings is 3. The summed E-state index contributed by atoms with van der Waals surface area (Å²) in [5.74, 6) is 0.782. The van der Waals surface area contributed by atoms with Gasteiger partial charge in [-0.15, -0.1) is 0 Å². The molecule has 7 nitrogen and oxygen atoms in total. The molecule has 0 bridgehead atoms. The molecule has 4 N–H and O–H groups in total. The normalized spacial score (nSPS) is 29.4. The molecule has 0 spiro atoms. The standard InChI is InChI=1S/C26H27ClO7/c27-21-15(11-14-5-7-16(8-6-14)33-17-9-10-32-13-17)12-20(18-3-1-2-4-19(18)21)25-23(29)22(28)24(30)26(31)34-25/h1-8,12,17,22-26,28-31H,9-11,13H2/t17-,22+,23+,24-,25-,26-/m0/s1. The van der Waals surface area contributed by atoms with Gasteiger partial charge in [0.25, 0.3) is 0 Å². The fourth-order valence-corrected chi connectivity index (χ4v) is 4.90. The van der Waals surface area contributed by atoms with Crippen LogP contribution in [-0.2, 0) is 15.9 Å². The summed E-state index contributed by atoms with van der Waals surface area (Å²) >= 11 is 6.78. The Morgan fingerprint density at radius 1 is 0.912 bits per heavy atom. The Morgan fingerprint density at radius 3 is 2.35 bits per heavy atom. The molecule has 3 aromatic carbocycles. The van der Waals surface area contributed by atoms with E-state index in [2.05, 4.69) is 0 Å². The Hall–Kier alpha value is -2.23. The summed E-state index contributed by atoms with van der Waals surface area (Å²) < 4.78 is 16.8. The molecule has 6 atom stereocenters. The highest BCUT2D eigenvalue weighted by atomic mass is 35.5. The molecule has 2 heterocycles. The highest BCUT2D eigenvalue weighted by molar-refractivity contribution is 6.36. The SMILES string of the molecule is O[C@@H]1[C@@H](O)[C@H](c2cc(Cc3ccc(O[C@H]4CCOC4)cc3)c(Cl)c3ccccc23)O[C@H](O)[C@H]1O. The largest absolute Gasteiger partial charge is 0.488 e. The van der Waals surface area contributed by atoms with Gasteiger partial charge in [-0.3, -0.25) is 0 Å². The molecule has 0 aromatic heterocycles. The first-order valence-electron chi connectivity index (χ1n) is 11.3. The summed E-state index contributed by atoms with van der Waals surface area (Å²) in [7, 11) is 0. The average Bonchev–Trinajstić information content (AvgIpc) is 3.36. The number of hydrogen-bond donors (Lipinski definition) is 4. The van der Waals surface area contributed by atoms with Gasteiger partial charge in [0.1, 0.15) is 36.3 Å². The third kappa shape index (κ3) is 4.53. The van der Waals surface area contributed by atoms with Crippen molar-refractivity contribution in [1.82, 2.24) is 0 Å². The van der Waals surface area contributed by atoms with Crippen LogP contribution in [0, 0.1) is 0 Å². The van der Waals surface area contributed by atoms with Crippen LogP contribution in [0.1, 0.15) is 29.2 Å². The van der Waals surface area contributed by atoms with Crippen molar-refractivity contribution < 1.29 is 34.6 Å². The van der Waals surface area contributed by atoms with Gasteiger partial charge in [-0.25, -0.2) is 0 Å². The van der Waals surface area contributed by atoms with Gasteiger partial charge in [0.2, 0.25) is 0 Å². The lowest BCUT2D eigenvalue weighted by molar-refractivity contribution is -0.284. The first-order chi connectivity index (χ1) is 16.4. The van der Waals surface area contributed by atoms with Crippen LogP contribution in [0.3, 0.4) is 0 Å². The van der Waals surface area contributed by atoms with Gasteiger partial charge in [0.15, 0.2) is 6.29 Å². The third-order valence-corrected chi connectivity index (χ3v) is 6.94. The van der Waals surface area contributed by atoms with E-state index in [1.54, 1.807) is 0 Å². The van der Waals surface area contributed by atoms with E-state index in [4.69, 9.17) is 25.8 Å². The third-order valence-electron chi connectivity index (χ3n) is 6.49. The van der Waals surface area contributed by atoms with E-state index in [1.165, 1.54) is 0 Å². The zero-order valence-electron chi connectivity index (χ0n) is 18.4. The number of aliphatic hydroxyl groups excluding tert-OH is 4. The topological polar surface area (TPSA) is 109 Å². The highest BCUT2D eigenvalue weighted by Gasteiger charge is 2.44. The molecule has 2 aliphatic rings. The minimum absolute atomic E-state index is 0.0782. The van der Waals surface area contributed by atoms with Crippen molar-refractivity contribution in [3.8, 4) is 5.75 Å². The lowest BCUT2D eigenvalue weighted by atomic mass is 9.88. The molecule has 34 heavy (non-hydrogen) atoms. The summed E-state index contributed by atoms with van der Waals surface area (Å²) in [5.41, 5.74) is 2.39. The number of rotatable bonds is 5. The fourth-order valence-electron chi connectivity index (χ4n) is 4.61. The number of aliphatic hydroxyl groups is 4. The molecular formula is C26H27ClO7. The zero-order valence-corrected chi connectivity index (χ0v) is 19.1. The molecule has 3 aromatic rings. The summed E-state index contributed by atoms with van der Waals surface area (Å²) in [5, 5.41) is 42.9. The predicted molar refractivity (Wildman–Crippen MR) is 126 cm³/mol. The number of fused-ring (bicyclic) bond motifs is 1. The van der Waals surface area contributed by atoms with E-state index in [0.29, 0.717) is 23.6 Å². The van der Waals surface area contributed by atoms with Crippen LogP contribution >= 0.6 is 11.6 Å². The molecule has 2 fully saturated rings. The van der Waals surface area contributed by atoms with E-state index in [1.807, 2.05) is 54.6 Å². The van der Waals surface area contributed by atoms with E-state index in [9.17, 15) is 20.4 Å². The summed E-state index contributed by atoms with van der Waals surface area (Å²) in [6.45, 7) is 1.32. The van der Waals surface area contributed by atoms with Crippen molar-refractivity contribution in [2.75, 3.05) is 13.2 Å². The maximum atomic E-state index is 10.6. The molecule has 0 saturated carbocycles. The second-order valence-electron chi connectivity index (χ2n) is 8.83. The van der Waals surface area contributed by atoms with Crippen LogP contribution in [0.5, 0.6) is 5.75 Å². The van der Waals surface area contributed by atoms with E-state index in [0.717, 1.165) is 40.7 Å². The Kier molecular flexibility index (Phi) is 6.77. The molecule has 2 aliphatic heterocycles. The van der Waals surface area contributed by atoms with Crippen molar-refractivity contribution in [2.24, 2.45) is 0 Å². The minimum atomic E-state index is -1.63. The maximum Gasteiger partial charge on any atom is 0.184 e. The van der Waals surface area contributed by atoms with E-state index in [-0.39, 0.29) is 6.10 Å². The van der Waals surface area contributed by atoms with Gasteiger partial charge in [0.05, 0.1) is 18.2 Å². The van der Waals surface area contributed by atoms with Crippen molar-refractivity contribution in [3.63, 3.8) is 0 Å². The Balaban J connectivity index is 1.47. The van der Waals surface area contributed by atoms with Crippen LogP contribution in [0.4, 0.5) is 0 Å². The van der Waals surface area contributed by atoms with Crippen LogP contribution in [-0.4, -0.2) is 64.3 Å². The lowest BCUT2D eigenvalue weighted by Gasteiger charge is -2.39. The lowest BCUT2D eigenvalue weighted by Crippen LogP contribution is -2.54. The molecule has 0 radical (unpaired) electrons. The summed E-state index contributed by atoms with van der Waals surface area (Å²) in [6, 6.07) is 17.1. The monoisotopic (exact) mass is 486 g/mol. The van der Waals surface area contributed by atoms with Crippen LogP contribution in [0.25, 0.3) is 10.8 Å². The van der Waals surface area contributed by atoms with Gasteiger partial charge in [-0.05, 0) is 40.6 Å². The predicted octanol–water partition coefficient (Wildman–Crippen LogP) is 2.72.